The van der Waals surface area contributed by atoms with Crippen LogP contribution in [-0.2, 0) is 4.74 Å². The smallest absolute Gasteiger partial charge is 0.260 e. The Balaban J connectivity index is 0.00000289. The molecule has 6 nitrogen and oxygen atoms in total. The molecule has 172 valence electrons. The van der Waals surface area contributed by atoms with E-state index in [9.17, 15) is 9.18 Å². The summed E-state index contributed by atoms with van der Waals surface area (Å²) in [4.78, 5) is 22.2. The number of benzene rings is 2. The molecule has 0 spiro atoms. The summed E-state index contributed by atoms with van der Waals surface area (Å²) in [6.07, 6.45) is 0.805. The molecule has 1 aliphatic heterocycles. The van der Waals surface area contributed by atoms with Crippen molar-refractivity contribution in [2.45, 2.75) is 13.3 Å². The zero-order valence-electron chi connectivity index (χ0n) is 18.2. The number of aryl methyl sites for hydroxylation is 1. The number of hydrogen-bond acceptors (Lipinski definition) is 6. The number of morpholine rings is 1. The summed E-state index contributed by atoms with van der Waals surface area (Å²) in [6, 6.07) is 9.55. The van der Waals surface area contributed by atoms with Crippen molar-refractivity contribution in [1.82, 2.24) is 9.88 Å². The first kappa shape index (κ1) is 24.4. The van der Waals surface area contributed by atoms with Gasteiger partial charge in [0.15, 0.2) is 5.13 Å². The van der Waals surface area contributed by atoms with Crippen molar-refractivity contribution in [2.24, 2.45) is 0 Å². The SMILES string of the molecule is COc1ccc(C)c2sc(N(CCCN3CCOCC3)C(=O)c3ccc(F)cc3)nc12.Cl. The molecule has 1 fully saturated rings. The lowest BCUT2D eigenvalue weighted by atomic mass is 10.2. The number of anilines is 1. The normalized spacial score (nSPS) is 14.2. The summed E-state index contributed by atoms with van der Waals surface area (Å²) >= 11 is 1.48. The maximum Gasteiger partial charge on any atom is 0.260 e. The third kappa shape index (κ3) is 5.38. The molecule has 1 aromatic heterocycles. The molecule has 32 heavy (non-hydrogen) atoms. The average Bonchev–Trinajstić information content (AvgIpc) is 3.24. The van der Waals surface area contributed by atoms with Gasteiger partial charge in [-0.25, -0.2) is 9.37 Å². The Morgan fingerprint density at radius 3 is 2.62 bits per heavy atom. The van der Waals surface area contributed by atoms with Crippen molar-refractivity contribution in [3.05, 3.63) is 53.3 Å². The predicted molar refractivity (Wildman–Crippen MR) is 128 cm³/mol. The molecule has 9 heteroatoms. The lowest BCUT2D eigenvalue weighted by molar-refractivity contribution is 0.0376. The van der Waals surface area contributed by atoms with Gasteiger partial charge in [-0.3, -0.25) is 14.6 Å². The van der Waals surface area contributed by atoms with Gasteiger partial charge < -0.3 is 9.47 Å². The number of rotatable bonds is 7. The van der Waals surface area contributed by atoms with E-state index in [1.165, 1.54) is 35.6 Å². The Labute approximate surface area is 197 Å². The van der Waals surface area contributed by atoms with Gasteiger partial charge in [0, 0.05) is 31.7 Å². The number of nitrogens with zero attached hydrogens (tertiary/aromatic N) is 3. The first-order valence-electron chi connectivity index (χ1n) is 10.4. The molecule has 0 aliphatic carbocycles. The second kappa shape index (κ2) is 11.0. The van der Waals surface area contributed by atoms with Crippen LogP contribution in [0.1, 0.15) is 22.3 Å². The van der Waals surface area contributed by atoms with Crippen molar-refractivity contribution in [3.63, 3.8) is 0 Å². The Morgan fingerprint density at radius 2 is 1.94 bits per heavy atom. The number of amides is 1. The van der Waals surface area contributed by atoms with Crippen molar-refractivity contribution < 1.29 is 18.7 Å². The lowest BCUT2D eigenvalue weighted by Gasteiger charge is -2.27. The van der Waals surface area contributed by atoms with Crippen LogP contribution in [0.3, 0.4) is 0 Å². The number of ether oxygens (including phenoxy) is 2. The number of fused-ring (bicyclic) bond motifs is 1. The van der Waals surface area contributed by atoms with Gasteiger partial charge in [-0.2, -0.15) is 0 Å². The van der Waals surface area contributed by atoms with Crippen LogP contribution >= 0.6 is 23.7 Å². The molecule has 2 aromatic carbocycles. The Morgan fingerprint density at radius 1 is 1.22 bits per heavy atom. The van der Waals surface area contributed by atoms with Crippen LogP contribution in [0.5, 0.6) is 5.75 Å². The predicted octanol–water partition coefficient (Wildman–Crippen LogP) is 4.54. The van der Waals surface area contributed by atoms with Gasteiger partial charge in [-0.1, -0.05) is 17.4 Å². The number of aromatic nitrogens is 1. The summed E-state index contributed by atoms with van der Waals surface area (Å²) in [7, 11) is 1.62. The number of carbonyl (C=O) groups is 1. The van der Waals surface area contributed by atoms with Gasteiger partial charge in [0.1, 0.15) is 17.1 Å². The minimum atomic E-state index is -0.365. The second-order valence-corrected chi connectivity index (χ2v) is 8.51. The van der Waals surface area contributed by atoms with Crippen LogP contribution in [-0.4, -0.2) is 62.3 Å². The quantitative estimate of drug-likeness (QED) is 0.498. The molecule has 0 radical (unpaired) electrons. The van der Waals surface area contributed by atoms with E-state index in [0.717, 1.165) is 55.0 Å². The fourth-order valence-electron chi connectivity index (χ4n) is 3.69. The highest BCUT2D eigenvalue weighted by Crippen LogP contribution is 2.37. The second-order valence-electron chi connectivity index (χ2n) is 7.53. The minimum absolute atomic E-state index is 0. The van der Waals surface area contributed by atoms with Crippen molar-refractivity contribution >= 4 is 45.0 Å². The fraction of sp³-hybridized carbons (Fsp3) is 0.391. The average molecular weight is 480 g/mol. The molecule has 0 atom stereocenters. The Hall–Kier alpha value is -2.26. The first-order valence-corrected chi connectivity index (χ1v) is 11.2. The highest BCUT2D eigenvalue weighted by molar-refractivity contribution is 7.22. The van der Waals surface area contributed by atoms with E-state index in [2.05, 4.69) is 4.90 Å². The minimum Gasteiger partial charge on any atom is -0.494 e. The van der Waals surface area contributed by atoms with Gasteiger partial charge in [-0.05, 0) is 49.2 Å². The third-order valence-corrected chi connectivity index (χ3v) is 6.65. The molecule has 3 aromatic rings. The summed E-state index contributed by atoms with van der Waals surface area (Å²) < 4.78 is 25.3. The number of methoxy groups -OCH3 is 1. The van der Waals surface area contributed by atoms with Crippen molar-refractivity contribution in [1.29, 1.82) is 0 Å². The summed E-state index contributed by atoms with van der Waals surface area (Å²) in [6.45, 7) is 6.73. The van der Waals surface area contributed by atoms with Gasteiger partial charge >= 0.3 is 0 Å². The number of hydrogen-bond donors (Lipinski definition) is 0. The van der Waals surface area contributed by atoms with E-state index in [1.54, 1.807) is 12.0 Å². The van der Waals surface area contributed by atoms with Gasteiger partial charge in [-0.15, -0.1) is 12.4 Å². The Bertz CT molecular complexity index is 1050. The summed E-state index contributed by atoms with van der Waals surface area (Å²) in [5.41, 5.74) is 2.28. The maximum atomic E-state index is 13.4. The standard InChI is InChI=1S/C23H26FN3O3S.ClH/c1-16-4-9-19(29-2)20-21(16)31-23(25-20)27(11-3-10-26-12-14-30-15-13-26)22(28)17-5-7-18(24)8-6-17;/h4-9H,3,10-15H2,1-2H3;1H. The Kier molecular flexibility index (Phi) is 8.42. The lowest BCUT2D eigenvalue weighted by Crippen LogP contribution is -2.39. The molecule has 4 rings (SSSR count). The van der Waals surface area contributed by atoms with E-state index in [4.69, 9.17) is 14.5 Å². The van der Waals surface area contributed by atoms with E-state index in [0.29, 0.717) is 23.0 Å². The van der Waals surface area contributed by atoms with Crippen LogP contribution in [0.2, 0.25) is 0 Å². The van der Waals surface area contributed by atoms with Crippen LogP contribution in [0.15, 0.2) is 36.4 Å². The molecule has 0 bridgehead atoms. The van der Waals surface area contributed by atoms with E-state index in [-0.39, 0.29) is 24.1 Å². The maximum absolute atomic E-state index is 13.4. The number of halogens is 2. The highest BCUT2D eigenvalue weighted by Gasteiger charge is 2.23. The van der Waals surface area contributed by atoms with Gasteiger partial charge in [0.2, 0.25) is 0 Å². The van der Waals surface area contributed by atoms with Crippen molar-refractivity contribution in [3.8, 4) is 5.75 Å². The third-order valence-electron chi connectivity index (χ3n) is 5.44. The van der Waals surface area contributed by atoms with E-state index in [1.807, 2.05) is 19.1 Å². The molecule has 0 unspecified atom stereocenters. The molecule has 1 saturated heterocycles. The fourth-order valence-corrected chi connectivity index (χ4v) is 4.76. The topological polar surface area (TPSA) is 54.9 Å². The monoisotopic (exact) mass is 479 g/mol. The van der Waals surface area contributed by atoms with Gasteiger partial charge in [0.05, 0.1) is 25.0 Å². The summed E-state index contributed by atoms with van der Waals surface area (Å²) in [5.74, 6) is 0.138. The molecule has 1 amide bonds. The first-order chi connectivity index (χ1) is 15.1. The molecule has 0 saturated carbocycles. The van der Waals surface area contributed by atoms with E-state index < -0.39 is 0 Å². The van der Waals surface area contributed by atoms with E-state index >= 15 is 0 Å². The van der Waals surface area contributed by atoms with Crippen LogP contribution < -0.4 is 9.64 Å². The van der Waals surface area contributed by atoms with Gasteiger partial charge in [0.25, 0.3) is 5.91 Å². The zero-order valence-corrected chi connectivity index (χ0v) is 19.8. The molecular formula is C23H27ClFN3O3S. The largest absolute Gasteiger partial charge is 0.494 e. The van der Waals surface area contributed by atoms with Crippen LogP contribution in [0.4, 0.5) is 9.52 Å². The van der Waals surface area contributed by atoms with Crippen molar-refractivity contribution in [2.75, 3.05) is 51.4 Å². The van der Waals surface area contributed by atoms with Crippen LogP contribution in [0.25, 0.3) is 10.2 Å². The zero-order chi connectivity index (χ0) is 21.8. The molecule has 1 aliphatic rings. The number of carbonyl (C=O) groups excluding carboxylic acids is 1. The molecule has 2 heterocycles. The molecular weight excluding hydrogens is 453 g/mol. The highest BCUT2D eigenvalue weighted by atomic mass is 35.5. The van der Waals surface area contributed by atoms with Crippen LogP contribution in [0, 0.1) is 12.7 Å². The molecule has 0 N–H and O–H groups in total. The number of thiazole rings is 1. The summed E-state index contributed by atoms with van der Waals surface area (Å²) in [5, 5.41) is 0.624.